The van der Waals surface area contributed by atoms with Gasteiger partial charge in [-0.1, -0.05) is 0 Å². The SMILES string of the molecule is O=C(Nc1cc(F)c(F)c(F)c1)c1ccc(F)c(S(=O)(=O)N2CCCC(F)C(O)C2)c1. The number of hydrogen-bond acceptors (Lipinski definition) is 4. The van der Waals surface area contributed by atoms with Gasteiger partial charge in [0.25, 0.3) is 5.91 Å². The van der Waals surface area contributed by atoms with Crippen LogP contribution in [-0.2, 0) is 10.0 Å². The lowest BCUT2D eigenvalue weighted by molar-refractivity contribution is 0.0710. The summed E-state index contributed by atoms with van der Waals surface area (Å²) < 4.78 is 94.1. The summed E-state index contributed by atoms with van der Waals surface area (Å²) in [5.41, 5.74) is -0.816. The predicted molar refractivity (Wildman–Crippen MR) is 99.6 cm³/mol. The van der Waals surface area contributed by atoms with Crippen molar-refractivity contribution in [1.29, 1.82) is 0 Å². The second-order valence-electron chi connectivity index (χ2n) is 6.94. The minimum Gasteiger partial charge on any atom is -0.389 e. The van der Waals surface area contributed by atoms with Crippen LogP contribution in [-0.4, -0.2) is 49.1 Å². The predicted octanol–water partition coefficient (Wildman–Crippen LogP) is 2.98. The van der Waals surface area contributed by atoms with Gasteiger partial charge in [-0.25, -0.2) is 30.4 Å². The first-order valence-corrected chi connectivity index (χ1v) is 10.5. The molecular weight excluding hydrogens is 447 g/mol. The molecule has 0 aliphatic carbocycles. The molecule has 0 aromatic heterocycles. The molecule has 1 fully saturated rings. The first-order chi connectivity index (χ1) is 14.5. The number of benzene rings is 2. The van der Waals surface area contributed by atoms with Crippen LogP contribution in [0.15, 0.2) is 35.2 Å². The zero-order valence-electron chi connectivity index (χ0n) is 15.8. The number of carbonyl (C=O) groups is 1. The molecule has 1 saturated heterocycles. The zero-order chi connectivity index (χ0) is 22.9. The lowest BCUT2D eigenvalue weighted by Crippen LogP contribution is -2.39. The Bertz CT molecular complexity index is 1090. The first-order valence-electron chi connectivity index (χ1n) is 9.08. The van der Waals surface area contributed by atoms with Crippen molar-refractivity contribution in [2.45, 2.75) is 30.0 Å². The summed E-state index contributed by atoms with van der Waals surface area (Å²) >= 11 is 0. The van der Waals surface area contributed by atoms with Crippen LogP contribution in [0.25, 0.3) is 0 Å². The van der Waals surface area contributed by atoms with Crippen LogP contribution in [0, 0.1) is 23.3 Å². The van der Waals surface area contributed by atoms with Gasteiger partial charge in [-0.15, -0.1) is 0 Å². The van der Waals surface area contributed by atoms with Crippen molar-refractivity contribution < 1.29 is 40.3 Å². The maximum absolute atomic E-state index is 14.3. The van der Waals surface area contributed by atoms with Gasteiger partial charge in [-0.05, 0) is 31.0 Å². The van der Waals surface area contributed by atoms with E-state index in [0.717, 1.165) is 10.4 Å². The maximum atomic E-state index is 14.3. The van der Waals surface area contributed by atoms with Crippen LogP contribution in [0.4, 0.5) is 27.6 Å². The average Bonchev–Trinajstić information content (AvgIpc) is 2.87. The Morgan fingerprint density at radius 1 is 1.06 bits per heavy atom. The number of anilines is 1. The maximum Gasteiger partial charge on any atom is 0.255 e. The molecule has 168 valence electrons. The molecule has 1 amide bonds. The van der Waals surface area contributed by atoms with Crippen molar-refractivity contribution in [3.8, 4) is 0 Å². The van der Waals surface area contributed by atoms with Gasteiger partial charge in [-0.3, -0.25) is 4.79 Å². The summed E-state index contributed by atoms with van der Waals surface area (Å²) in [5, 5.41) is 11.8. The summed E-state index contributed by atoms with van der Waals surface area (Å²) in [6.45, 7) is -0.753. The Kier molecular flexibility index (Phi) is 6.62. The number of β-amino-alcohol motifs (C(OH)–C–C–N with tert-alkyl or cyclic N) is 1. The molecule has 2 unspecified atom stereocenters. The molecule has 1 aliphatic heterocycles. The zero-order valence-corrected chi connectivity index (χ0v) is 16.6. The van der Waals surface area contributed by atoms with Crippen molar-refractivity contribution >= 4 is 21.6 Å². The van der Waals surface area contributed by atoms with E-state index in [4.69, 9.17) is 0 Å². The van der Waals surface area contributed by atoms with Gasteiger partial charge in [0.15, 0.2) is 17.5 Å². The van der Waals surface area contributed by atoms with Crippen LogP contribution in [0.5, 0.6) is 0 Å². The molecule has 2 atom stereocenters. The molecule has 0 radical (unpaired) electrons. The molecule has 1 heterocycles. The molecule has 1 aliphatic rings. The van der Waals surface area contributed by atoms with E-state index >= 15 is 0 Å². The van der Waals surface area contributed by atoms with E-state index in [9.17, 15) is 40.3 Å². The van der Waals surface area contributed by atoms with Crippen LogP contribution in [0.1, 0.15) is 23.2 Å². The second-order valence-corrected chi connectivity index (χ2v) is 8.85. The van der Waals surface area contributed by atoms with Gasteiger partial charge in [0, 0.05) is 36.5 Å². The number of alkyl halides is 1. The van der Waals surface area contributed by atoms with Crippen LogP contribution in [0.3, 0.4) is 0 Å². The molecule has 2 N–H and O–H groups in total. The van der Waals surface area contributed by atoms with Gasteiger partial charge in [0.1, 0.15) is 16.9 Å². The van der Waals surface area contributed by atoms with Crippen LogP contribution in [0.2, 0.25) is 0 Å². The van der Waals surface area contributed by atoms with E-state index in [1.807, 2.05) is 0 Å². The number of rotatable bonds is 4. The third kappa shape index (κ3) is 4.86. The summed E-state index contributed by atoms with van der Waals surface area (Å²) in [5.74, 6) is -7.07. The van der Waals surface area contributed by atoms with E-state index < -0.39 is 68.6 Å². The smallest absolute Gasteiger partial charge is 0.255 e. The minimum absolute atomic E-state index is 0.0666. The van der Waals surface area contributed by atoms with E-state index in [1.54, 1.807) is 0 Å². The molecule has 0 bridgehead atoms. The number of carbonyl (C=O) groups excluding carboxylic acids is 1. The minimum atomic E-state index is -4.54. The Labute approximate surface area is 174 Å². The Morgan fingerprint density at radius 3 is 2.35 bits per heavy atom. The number of sulfonamides is 1. The number of aliphatic hydroxyl groups excluding tert-OH is 1. The molecule has 6 nitrogen and oxygen atoms in total. The largest absolute Gasteiger partial charge is 0.389 e. The average molecular weight is 464 g/mol. The van der Waals surface area contributed by atoms with Gasteiger partial charge in [0.05, 0.1) is 6.10 Å². The van der Waals surface area contributed by atoms with Gasteiger partial charge in [-0.2, -0.15) is 4.31 Å². The van der Waals surface area contributed by atoms with Crippen LogP contribution >= 0.6 is 0 Å². The van der Waals surface area contributed by atoms with Crippen molar-refractivity contribution in [1.82, 2.24) is 4.31 Å². The van der Waals surface area contributed by atoms with Crippen molar-refractivity contribution in [3.63, 3.8) is 0 Å². The van der Waals surface area contributed by atoms with Crippen molar-refractivity contribution in [2.24, 2.45) is 0 Å². The number of hydrogen-bond donors (Lipinski definition) is 2. The number of halogens is 5. The highest BCUT2D eigenvalue weighted by Crippen LogP contribution is 2.25. The van der Waals surface area contributed by atoms with Gasteiger partial charge >= 0.3 is 0 Å². The highest BCUT2D eigenvalue weighted by Gasteiger charge is 2.34. The highest BCUT2D eigenvalue weighted by atomic mass is 32.2. The summed E-state index contributed by atoms with van der Waals surface area (Å²) in [6, 6.07) is 3.39. The van der Waals surface area contributed by atoms with Gasteiger partial charge < -0.3 is 10.4 Å². The summed E-state index contributed by atoms with van der Waals surface area (Å²) in [7, 11) is -4.54. The van der Waals surface area contributed by atoms with E-state index in [2.05, 4.69) is 5.32 Å². The lowest BCUT2D eigenvalue weighted by atomic mass is 10.1. The number of amides is 1. The molecule has 3 rings (SSSR count). The molecular formula is C19H17F5N2O4S. The summed E-state index contributed by atoms with van der Waals surface area (Å²) in [4.78, 5) is 11.5. The Morgan fingerprint density at radius 2 is 1.71 bits per heavy atom. The molecule has 31 heavy (non-hydrogen) atoms. The third-order valence-corrected chi connectivity index (χ3v) is 6.63. The number of nitrogens with one attached hydrogen (secondary N) is 1. The first kappa shape index (κ1) is 23.1. The molecule has 2 aromatic rings. The normalized spacial score (nSPS) is 20.3. The molecule has 0 spiro atoms. The second kappa shape index (κ2) is 8.89. The van der Waals surface area contributed by atoms with Gasteiger partial charge in [0.2, 0.25) is 10.0 Å². The fourth-order valence-electron chi connectivity index (χ4n) is 3.10. The van der Waals surface area contributed by atoms with E-state index in [1.165, 1.54) is 0 Å². The van der Waals surface area contributed by atoms with Crippen molar-refractivity contribution in [2.75, 3.05) is 18.4 Å². The Hall–Kier alpha value is -2.57. The molecule has 12 heteroatoms. The number of aliphatic hydroxyl groups is 1. The molecule has 2 aromatic carbocycles. The summed E-state index contributed by atoms with van der Waals surface area (Å²) in [6.07, 6.45) is -3.18. The van der Waals surface area contributed by atoms with Crippen LogP contribution < -0.4 is 5.32 Å². The fraction of sp³-hybridized carbons (Fsp3) is 0.316. The molecule has 0 saturated carbocycles. The van der Waals surface area contributed by atoms with E-state index in [0.29, 0.717) is 24.3 Å². The fourth-order valence-corrected chi connectivity index (χ4v) is 4.69. The van der Waals surface area contributed by atoms with E-state index in [-0.39, 0.29) is 24.9 Å². The Balaban J connectivity index is 1.90. The highest BCUT2D eigenvalue weighted by molar-refractivity contribution is 7.89. The lowest BCUT2D eigenvalue weighted by Gasteiger charge is -2.22. The number of nitrogens with zero attached hydrogens (tertiary/aromatic N) is 1. The monoisotopic (exact) mass is 464 g/mol. The third-order valence-electron chi connectivity index (χ3n) is 4.75. The standard InChI is InChI=1S/C19H17F5N2O4S/c20-12-2-1-5-26(9-16(12)27)31(29,30)17-6-10(3-4-13(17)21)19(28)25-11-7-14(22)18(24)15(23)8-11/h3-4,6-8,12,16,27H,1-2,5,9H2,(H,25,28). The quantitative estimate of drug-likeness (QED) is 0.538. The topological polar surface area (TPSA) is 86.7 Å². The van der Waals surface area contributed by atoms with Crippen molar-refractivity contribution in [3.05, 3.63) is 59.2 Å².